The third-order valence-electron chi connectivity index (χ3n) is 16.7. The molecule has 0 atom stereocenters. The molecule has 11 rings (SSSR count). The molecule has 9 aromatic rings. The van der Waals surface area contributed by atoms with Crippen molar-refractivity contribution in [1.82, 2.24) is 0 Å². The van der Waals surface area contributed by atoms with Gasteiger partial charge in [-0.05, 0) is 210 Å². The summed E-state index contributed by atoms with van der Waals surface area (Å²) in [6.07, 6.45) is 4.58. The van der Waals surface area contributed by atoms with E-state index in [1.54, 1.807) is 0 Å². The van der Waals surface area contributed by atoms with E-state index < -0.39 is 0 Å². The minimum absolute atomic E-state index is 0.0182. The van der Waals surface area contributed by atoms with Gasteiger partial charge in [-0.1, -0.05) is 140 Å². The lowest BCUT2D eigenvalue weighted by atomic mass is 9.63. The van der Waals surface area contributed by atoms with Crippen molar-refractivity contribution in [1.29, 1.82) is 0 Å². The van der Waals surface area contributed by atoms with E-state index in [1.807, 2.05) is 18.2 Å². The Morgan fingerprint density at radius 3 is 1.41 bits per heavy atom. The van der Waals surface area contributed by atoms with Crippen LogP contribution >= 0.6 is 11.6 Å². The van der Waals surface area contributed by atoms with Crippen LogP contribution in [0.5, 0.6) is 0 Å². The van der Waals surface area contributed by atoms with Crippen molar-refractivity contribution in [3.05, 3.63) is 220 Å². The zero-order chi connectivity index (χ0) is 51.9. The second kappa shape index (κ2) is 18.4. The molecule has 0 N–H and O–H groups in total. The number of halogens is 1. The largest absolute Gasteiger partial charge is 0.456 e. The highest BCUT2D eigenvalue weighted by Gasteiger charge is 2.40. The van der Waals surface area contributed by atoms with Gasteiger partial charge < -0.3 is 19.1 Å². The summed E-state index contributed by atoms with van der Waals surface area (Å²) in [5.41, 5.74) is 20.6. The van der Waals surface area contributed by atoms with Gasteiger partial charge in [-0.15, -0.1) is 0 Å². The molecule has 74 heavy (non-hydrogen) atoms. The number of anilines is 9. The van der Waals surface area contributed by atoms with Gasteiger partial charge in [0.15, 0.2) is 0 Å². The second-order valence-electron chi connectivity index (χ2n) is 23.9. The molecule has 374 valence electrons. The van der Waals surface area contributed by atoms with E-state index in [0.717, 1.165) is 116 Å². The smallest absolute Gasteiger partial charge is 0.135 e. The average Bonchev–Trinajstić information content (AvgIpc) is 3.82. The van der Waals surface area contributed by atoms with Crippen molar-refractivity contribution < 1.29 is 4.42 Å². The Hall–Kier alpha value is -7.01. The molecule has 0 aliphatic heterocycles. The van der Waals surface area contributed by atoms with Gasteiger partial charge in [-0.2, -0.15) is 0 Å². The maximum Gasteiger partial charge on any atom is 0.135 e. The van der Waals surface area contributed by atoms with Crippen LogP contribution in [0.3, 0.4) is 0 Å². The van der Waals surface area contributed by atoms with Crippen molar-refractivity contribution in [2.45, 2.75) is 124 Å². The first-order valence-corrected chi connectivity index (χ1v) is 27.0. The highest BCUT2D eigenvalue weighted by atomic mass is 35.5. The van der Waals surface area contributed by atoms with Crippen LogP contribution in [0.15, 0.2) is 180 Å². The fraction of sp³-hybridized carbons (Fsp3) is 0.275. The summed E-state index contributed by atoms with van der Waals surface area (Å²) in [6, 6.07) is 64.1. The van der Waals surface area contributed by atoms with Crippen molar-refractivity contribution in [3.8, 4) is 11.3 Å². The number of hydrogen-bond donors (Lipinski definition) is 0. The molecule has 0 saturated carbocycles. The zero-order valence-corrected chi connectivity index (χ0v) is 46.0. The van der Waals surface area contributed by atoms with Crippen LogP contribution in [0.1, 0.15) is 120 Å². The molecule has 0 saturated heterocycles. The Bertz CT molecular complexity index is 3450. The highest BCUT2D eigenvalue weighted by Crippen LogP contribution is 2.54. The van der Waals surface area contributed by atoms with Crippen molar-refractivity contribution >= 4 is 73.8 Å². The maximum absolute atomic E-state index is 8.25. The molecule has 0 unspecified atom stereocenters. The monoisotopic (exact) mass is 992 g/mol. The van der Waals surface area contributed by atoms with Crippen LogP contribution in [-0.2, 0) is 21.7 Å². The van der Waals surface area contributed by atoms with Crippen molar-refractivity contribution in [3.63, 3.8) is 0 Å². The second-order valence-corrected chi connectivity index (χ2v) is 24.3. The van der Waals surface area contributed by atoms with Gasteiger partial charge in [0.25, 0.3) is 0 Å². The molecule has 2 aliphatic rings. The molecule has 0 amide bonds. The molecule has 0 bridgehead atoms. The quantitative estimate of drug-likeness (QED) is 0.136. The fourth-order valence-corrected chi connectivity index (χ4v) is 12.4. The van der Waals surface area contributed by atoms with Crippen LogP contribution in [0.25, 0.3) is 22.3 Å². The Morgan fingerprint density at radius 1 is 0.392 bits per heavy atom. The molecule has 8 aromatic carbocycles. The summed E-state index contributed by atoms with van der Waals surface area (Å²) in [5.74, 6) is 0.849. The molecular formula is C69H70ClN3O. The molecule has 2 aliphatic carbocycles. The van der Waals surface area contributed by atoms with E-state index in [0.29, 0.717) is 5.02 Å². The van der Waals surface area contributed by atoms with E-state index in [1.165, 1.54) is 22.3 Å². The normalized spacial score (nSPS) is 16.1. The van der Waals surface area contributed by atoms with Gasteiger partial charge in [-0.25, -0.2) is 0 Å². The van der Waals surface area contributed by atoms with Crippen LogP contribution in [0.4, 0.5) is 51.2 Å². The third kappa shape index (κ3) is 8.79. The first kappa shape index (κ1) is 49.2. The zero-order valence-electron chi connectivity index (χ0n) is 45.2. The number of rotatable bonds is 10. The number of benzene rings is 8. The highest BCUT2D eigenvalue weighted by molar-refractivity contribution is 6.37. The van der Waals surface area contributed by atoms with Crippen LogP contribution in [0, 0.1) is 20.8 Å². The minimum atomic E-state index is 0.0182. The first-order valence-electron chi connectivity index (χ1n) is 26.6. The SMILES string of the molecule is Cc1cc(N(c2ccc3c(c2)C(C)(C)CCC3(C)C)c2ccc3c(c2)C(C)(C)CCC3(C)C)c(Cl)c(N(c2cccc(N(c3ccccc3)c3ccc(-c4cc5ccccc5o4)cc3)c2)c2c(C)cccc2C)c1. The van der Waals surface area contributed by atoms with E-state index >= 15 is 0 Å². The Balaban J connectivity index is 1.10. The summed E-state index contributed by atoms with van der Waals surface area (Å²) in [6.45, 7) is 25.9. The molecule has 1 heterocycles. The Labute approximate surface area is 445 Å². The standard InChI is InChI=1S/C69H70ClN3O/c1-45-39-60(72(54-31-33-56-58(43-54)68(8,9)37-35-66(56,4)5)55-32-34-57-59(44-55)69(10,11)38-36-67(57,6)7)64(70)61(40-45)73(65-46(2)19-17-20-47(65)3)53-25-18-24-52(42-53)71(50-22-13-12-14-23-50)51-29-27-48(28-30-51)63-41-49-21-15-16-26-62(49)74-63/h12-34,39-44H,35-38H2,1-11H3. The van der Waals surface area contributed by atoms with Gasteiger partial charge in [0.05, 0.1) is 22.1 Å². The summed E-state index contributed by atoms with van der Waals surface area (Å²) in [4.78, 5) is 7.19. The predicted octanol–water partition coefficient (Wildman–Crippen LogP) is 20.8. The number of hydrogen-bond acceptors (Lipinski definition) is 4. The lowest BCUT2D eigenvalue weighted by Gasteiger charge is -2.43. The Morgan fingerprint density at radius 2 is 0.838 bits per heavy atom. The van der Waals surface area contributed by atoms with E-state index in [9.17, 15) is 0 Å². The molecule has 5 heteroatoms. The lowest BCUT2D eigenvalue weighted by Crippen LogP contribution is -2.34. The van der Waals surface area contributed by atoms with Crippen LogP contribution in [-0.4, -0.2) is 0 Å². The average molecular weight is 993 g/mol. The van der Waals surface area contributed by atoms with Gasteiger partial charge in [-0.3, -0.25) is 0 Å². The van der Waals surface area contributed by atoms with Gasteiger partial charge in [0.1, 0.15) is 11.3 Å². The summed E-state index contributed by atoms with van der Waals surface area (Å²) >= 11 is 8.25. The third-order valence-corrected chi connectivity index (χ3v) is 17.1. The van der Waals surface area contributed by atoms with E-state index in [2.05, 4.69) is 249 Å². The number of fused-ring (bicyclic) bond motifs is 3. The van der Waals surface area contributed by atoms with Crippen molar-refractivity contribution in [2.24, 2.45) is 0 Å². The van der Waals surface area contributed by atoms with Crippen LogP contribution < -0.4 is 14.7 Å². The van der Waals surface area contributed by atoms with Gasteiger partial charge in [0.2, 0.25) is 0 Å². The fourth-order valence-electron chi connectivity index (χ4n) is 12.2. The molecular weight excluding hydrogens is 922 g/mol. The van der Waals surface area contributed by atoms with Crippen molar-refractivity contribution in [2.75, 3.05) is 14.7 Å². The van der Waals surface area contributed by atoms with Crippen LogP contribution in [0.2, 0.25) is 5.02 Å². The minimum Gasteiger partial charge on any atom is -0.456 e. The first-order chi connectivity index (χ1) is 35.3. The van der Waals surface area contributed by atoms with E-state index in [-0.39, 0.29) is 21.7 Å². The van der Waals surface area contributed by atoms with E-state index in [4.69, 9.17) is 16.0 Å². The lowest BCUT2D eigenvalue weighted by molar-refractivity contribution is 0.332. The summed E-state index contributed by atoms with van der Waals surface area (Å²) < 4.78 is 6.30. The number of para-hydroxylation sites is 3. The molecule has 0 fully saturated rings. The molecule has 4 nitrogen and oxygen atoms in total. The summed E-state index contributed by atoms with van der Waals surface area (Å²) in [5, 5.41) is 1.77. The van der Waals surface area contributed by atoms with Gasteiger partial charge >= 0.3 is 0 Å². The number of aryl methyl sites for hydroxylation is 3. The number of nitrogens with zero attached hydrogens (tertiary/aromatic N) is 3. The maximum atomic E-state index is 8.25. The van der Waals surface area contributed by atoms with Gasteiger partial charge in [0, 0.05) is 45.1 Å². The Kier molecular flexibility index (Phi) is 12.3. The predicted molar refractivity (Wildman–Crippen MR) is 315 cm³/mol. The molecule has 0 spiro atoms. The number of furan rings is 1. The topological polar surface area (TPSA) is 22.9 Å². The molecule has 1 aromatic heterocycles. The summed E-state index contributed by atoms with van der Waals surface area (Å²) in [7, 11) is 0. The molecule has 0 radical (unpaired) electrons.